The molecule has 378 valence electrons. The molecule has 0 radical (unpaired) electrons. The van der Waals surface area contributed by atoms with Crippen molar-refractivity contribution < 1.29 is 28.8 Å². The Labute approximate surface area is 443 Å². The monoisotopic (exact) mass is 1020 g/mol. The maximum absolute atomic E-state index is 11.9. The van der Waals surface area contributed by atoms with Gasteiger partial charge in [-0.3, -0.25) is 0 Å². The van der Waals surface area contributed by atoms with Crippen LogP contribution in [0.5, 0.6) is 23.0 Å². The number of hydrogen-bond acceptors (Lipinski definition) is 9. The zero-order chi connectivity index (χ0) is 51.0. The standard InChI is InChI=1S/C64H64N2O6S2/c1-5-9-29-63(30-10-6-2)50-19-15-13-17-46(50)48-27-25-44(38-52(48)63)66(45-26-28-49-47-18-14-16-20-51(47)64(31-11-7-3,32-12-8-4)53(49)39-45)43-23-21-41(22-24-43)59-57-58(72-36-35-71-57)61(74-59)60-56-55(69-33-34-70-56)54(73-60)37-42(40-65)62(67)68/h13-28,37-39H,5-12,29-36H2,1-4H3,(H,67,68). The van der Waals surface area contributed by atoms with Crippen molar-refractivity contribution in [1.29, 1.82) is 5.26 Å². The lowest BCUT2D eigenvalue weighted by Gasteiger charge is -2.35. The molecule has 11 rings (SSSR count). The van der Waals surface area contributed by atoms with Gasteiger partial charge in [0.1, 0.15) is 38.1 Å². The van der Waals surface area contributed by atoms with Crippen LogP contribution < -0.4 is 23.8 Å². The SMILES string of the molecule is CCCCC1(CCCC)c2ccccc2-c2ccc(N(c3ccc(-c4sc(-c5sc(C=C(C#N)C(=O)O)c6c5OCCO6)c5c4OCCO5)cc3)c3ccc4c(c3)C(CCCC)(CCCC)c3ccccc3-4)cc21. The van der Waals surface area contributed by atoms with Crippen LogP contribution in [0.2, 0.25) is 0 Å². The molecular formula is C64H64N2O6S2. The molecule has 4 heterocycles. The maximum atomic E-state index is 11.9. The Morgan fingerprint density at radius 1 is 0.554 bits per heavy atom. The average molecular weight is 1020 g/mol. The molecule has 10 heteroatoms. The highest BCUT2D eigenvalue weighted by molar-refractivity contribution is 7.25. The van der Waals surface area contributed by atoms with Crippen LogP contribution in [-0.4, -0.2) is 37.5 Å². The fourth-order valence-electron chi connectivity index (χ4n) is 12.4. The van der Waals surface area contributed by atoms with Gasteiger partial charge in [0.15, 0.2) is 23.0 Å². The number of anilines is 3. The molecular weight excluding hydrogens is 957 g/mol. The van der Waals surface area contributed by atoms with E-state index in [1.165, 1.54) is 87.6 Å². The fourth-order valence-corrected chi connectivity index (χ4v) is 14.8. The van der Waals surface area contributed by atoms with Crippen molar-refractivity contribution in [3.63, 3.8) is 0 Å². The quantitative estimate of drug-likeness (QED) is 0.0631. The number of nitrogens with zero attached hydrogens (tertiary/aromatic N) is 2. The van der Waals surface area contributed by atoms with Crippen LogP contribution in [0.3, 0.4) is 0 Å². The number of nitriles is 1. The summed E-state index contributed by atoms with van der Waals surface area (Å²) >= 11 is 2.88. The van der Waals surface area contributed by atoms with Crippen LogP contribution in [-0.2, 0) is 15.6 Å². The van der Waals surface area contributed by atoms with Gasteiger partial charge in [0.05, 0.1) is 19.5 Å². The molecule has 0 amide bonds. The minimum absolute atomic E-state index is 0.0686. The van der Waals surface area contributed by atoms with Gasteiger partial charge >= 0.3 is 5.97 Å². The summed E-state index contributed by atoms with van der Waals surface area (Å²) in [6.45, 7) is 10.7. The molecule has 5 aromatic carbocycles. The molecule has 0 saturated carbocycles. The van der Waals surface area contributed by atoms with Crippen LogP contribution in [0, 0.1) is 11.3 Å². The summed E-state index contributed by atoms with van der Waals surface area (Å²) < 4.78 is 25.2. The number of rotatable bonds is 19. The van der Waals surface area contributed by atoms with Crippen molar-refractivity contribution in [2.24, 2.45) is 0 Å². The van der Waals surface area contributed by atoms with Crippen molar-refractivity contribution >= 4 is 51.8 Å². The molecule has 7 aromatic rings. The molecule has 74 heavy (non-hydrogen) atoms. The van der Waals surface area contributed by atoms with E-state index in [9.17, 15) is 15.2 Å². The molecule has 0 bridgehead atoms. The van der Waals surface area contributed by atoms with Crippen molar-refractivity contribution in [3.8, 4) is 71.5 Å². The topological polar surface area (TPSA) is 101 Å². The highest BCUT2D eigenvalue weighted by Crippen LogP contribution is 2.61. The third-order valence-electron chi connectivity index (χ3n) is 15.9. The molecule has 4 aliphatic rings. The Balaban J connectivity index is 1.07. The van der Waals surface area contributed by atoms with Crippen molar-refractivity contribution in [1.82, 2.24) is 0 Å². The van der Waals surface area contributed by atoms with E-state index in [-0.39, 0.29) is 16.4 Å². The second-order valence-electron chi connectivity index (χ2n) is 20.3. The van der Waals surface area contributed by atoms with Gasteiger partial charge in [0.2, 0.25) is 0 Å². The Morgan fingerprint density at radius 3 is 1.45 bits per heavy atom. The first-order valence-electron chi connectivity index (χ1n) is 26.9. The predicted molar refractivity (Wildman–Crippen MR) is 301 cm³/mol. The lowest BCUT2D eigenvalue weighted by molar-refractivity contribution is -0.132. The number of aliphatic carboxylic acids is 1. The Kier molecular flexibility index (Phi) is 13.9. The van der Waals surface area contributed by atoms with Gasteiger partial charge in [-0.15, -0.1) is 22.7 Å². The van der Waals surface area contributed by atoms with Gasteiger partial charge in [-0.2, -0.15) is 5.26 Å². The molecule has 2 aliphatic heterocycles. The van der Waals surface area contributed by atoms with Crippen LogP contribution in [0.15, 0.2) is 115 Å². The first-order chi connectivity index (χ1) is 36.3. The third kappa shape index (κ3) is 8.37. The summed E-state index contributed by atoms with van der Waals surface area (Å²) in [4.78, 5) is 17.4. The largest absolute Gasteiger partial charge is 0.485 e. The molecule has 0 spiro atoms. The van der Waals surface area contributed by atoms with Crippen LogP contribution in [0.4, 0.5) is 17.1 Å². The predicted octanol–water partition coefficient (Wildman–Crippen LogP) is 17.4. The first-order valence-corrected chi connectivity index (χ1v) is 28.5. The summed E-state index contributed by atoms with van der Waals surface area (Å²) in [5.74, 6) is 0.939. The van der Waals surface area contributed by atoms with E-state index in [0.29, 0.717) is 54.3 Å². The number of carbonyl (C=O) groups is 1. The Morgan fingerprint density at radius 2 is 0.973 bits per heavy atom. The van der Waals surface area contributed by atoms with Crippen molar-refractivity contribution in [2.45, 2.75) is 116 Å². The summed E-state index contributed by atoms with van der Waals surface area (Å²) in [6, 6.07) is 43.7. The zero-order valence-electron chi connectivity index (χ0n) is 43.0. The lowest BCUT2D eigenvalue weighted by Crippen LogP contribution is -2.26. The first kappa shape index (κ1) is 49.4. The Hall–Kier alpha value is -6.80. The van der Waals surface area contributed by atoms with E-state index in [4.69, 9.17) is 18.9 Å². The summed E-state index contributed by atoms with van der Waals surface area (Å²) in [5.41, 5.74) is 15.1. The summed E-state index contributed by atoms with van der Waals surface area (Å²) in [5, 5.41) is 19.4. The average Bonchev–Trinajstić information content (AvgIpc) is 4.16. The number of thiophene rings is 2. The maximum Gasteiger partial charge on any atom is 0.346 e. The highest BCUT2D eigenvalue weighted by atomic mass is 32.1. The number of fused-ring (bicyclic) bond motifs is 8. The lowest BCUT2D eigenvalue weighted by atomic mass is 9.70. The van der Waals surface area contributed by atoms with Gasteiger partial charge in [-0.25, -0.2) is 4.79 Å². The molecule has 2 aromatic heterocycles. The van der Waals surface area contributed by atoms with Crippen LogP contribution in [0.25, 0.3) is 48.5 Å². The molecule has 2 aliphatic carbocycles. The van der Waals surface area contributed by atoms with Crippen LogP contribution in [0.1, 0.15) is 132 Å². The Bertz CT molecular complexity index is 3180. The normalized spacial score (nSPS) is 15.2. The molecule has 0 fully saturated rings. The summed E-state index contributed by atoms with van der Waals surface area (Å²) in [6.07, 6.45) is 15.1. The number of benzene rings is 5. The van der Waals surface area contributed by atoms with E-state index < -0.39 is 5.97 Å². The molecule has 8 nitrogen and oxygen atoms in total. The third-order valence-corrected chi connectivity index (χ3v) is 18.4. The van der Waals surface area contributed by atoms with E-state index in [0.717, 1.165) is 88.6 Å². The number of carboxylic acid groups (broad SMARTS) is 1. The van der Waals surface area contributed by atoms with Gasteiger partial charge in [-0.1, -0.05) is 152 Å². The minimum atomic E-state index is -1.30. The molecule has 0 unspecified atom stereocenters. The second-order valence-corrected chi connectivity index (χ2v) is 22.3. The summed E-state index contributed by atoms with van der Waals surface area (Å²) in [7, 11) is 0. The van der Waals surface area contributed by atoms with Gasteiger partial charge in [-0.05, 0) is 118 Å². The number of ether oxygens (including phenoxy) is 4. The van der Waals surface area contributed by atoms with Gasteiger partial charge in [0.25, 0.3) is 0 Å². The van der Waals surface area contributed by atoms with E-state index in [1.807, 2.05) is 0 Å². The van der Waals surface area contributed by atoms with E-state index >= 15 is 0 Å². The minimum Gasteiger partial charge on any atom is -0.485 e. The van der Waals surface area contributed by atoms with E-state index in [1.54, 1.807) is 17.4 Å². The molecule has 0 saturated heterocycles. The van der Waals surface area contributed by atoms with Gasteiger partial charge < -0.3 is 29.0 Å². The van der Waals surface area contributed by atoms with Crippen molar-refractivity contribution in [3.05, 3.63) is 142 Å². The number of carboxylic acids is 1. The smallest absolute Gasteiger partial charge is 0.346 e. The van der Waals surface area contributed by atoms with Crippen molar-refractivity contribution in [2.75, 3.05) is 31.3 Å². The fraction of sp³-hybridized carbons (Fsp3) is 0.344. The molecule has 0 atom stereocenters. The zero-order valence-corrected chi connectivity index (χ0v) is 44.6. The second kappa shape index (κ2) is 20.8. The van der Waals surface area contributed by atoms with Crippen LogP contribution >= 0.6 is 22.7 Å². The number of unbranched alkanes of at least 4 members (excludes halogenated alkanes) is 4. The van der Waals surface area contributed by atoms with Gasteiger partial charge in [0, 0.05) is 27.9 Å². The van der Waals surface area contributed by atoms with E-state index in [2.05, 4.69) is 142 Å². The molecule has 1 N–H and O–H groups in total. The highest BCUT2D eigenvalue weighted by Gasteiger charge is 2.44. The number of hydrogen-bond donors (Lipinski definition) is 1.